The summed E-state index contributed by atoms with van der Waals surface area (Å²) in [6, 6.07) is 21.6. The second kappa shape index (κ2) is 4.38. The molecule has 0 radical (unpaired) electrons. The second-order valence-corrected chi connectivity index (χ2v) is 5.32. The molecule has 0 fully saturated rings. The number of hydrogen-bond donors (Lipinski definition) is 2. The van der Waals surface area contributed by atoms with Crippen LogP contribution in [-0.2, 0) is 0 Å². The lowest BCUT2D eigenvalue weighted by molar-refractivity contribution is 0.399. The standard InChI is InChI=1S/C19H14O2/c20-17-11-5-10-16(19(17)21)18-14-8-3-1-6-12(14)13-7-2-4-9-15(13)18/h1-11,18,20-21H. The molecular formula is C19H14O2. The number of benzene rings is 3. The molecule has 0 aliphatic heterocycles. The number of hydrogen-bond acceptors (Lipinski definition) is 2. The third kappa shape index (κ3) is 1.66. The van der Waals surface area contributed by atoms with Gasteiger partial charge in [-0.3, -0.25) is 0 Å². The average Bonchev–Trinajstić information content (AvgIpc) is 2.85. The normalized spacial score (nSPS) is 13.0. The summed E-state index contributed by atoms with van der Waals surface area (Å²) >= 11 is 0. The fourth-order valence-electron chi connectivity index (χ4n) is 3.27. The van der Waals surface area contributed by atoms with Crippen molar-refractivity contribution in [1.82, 2.24) is 0 Å². The van der Waals surface area contributed by atoms with Gasteiger partial charge in [0.1, 0.15) is 0 Å². The van der Waals surface area contributed by atoms with Gasteiger partial charge in [-0.05, 0) is 28.3 Å². The van der Waals surface area contributed by atoms with Gasteiger partial charge in [0.25, 0.3) is 0 Å². The minimum absolute atomic E-state index is 0.0333. The van der Waals surface area contributed by atoms with Crippen molar-refractivity contribution in [3.63, 3.8) is 0 Å². The van der Waals surface area contributed by atoms with Crippen LogP contribution < -0.4 is 0 Å². The van der Waals surface area contributed by atoms with Crippen LogP contribution in [0.2, 0.25) is 0 Å². The van der Waals surface area contributed by atoms with Crippen molar-refractivity contribution in [1.29, 1.82) is 0 Å². The highest BCUT2D eigenvalue weighted by Crippen LogP contribution is 2.50. The van der Waals surface area contributed by atoms with Gasteiger partial charge in [-0.25, -0.2) is 0 Å². The first-order chi connectivity index (χ1) is 10.3. The second-order valence-electron chi connectivity index (χ2n) is 5.32. The molecule has 2 nitrogen and oxygen atoms in total. The molecule has 1 aliphatic rings. The van der Waals surface area contributed by atoms with Crippen molar-refractivity contribution in [3.05, 3.63) is 83.4 Å². The van der Waals surface area contributed by atoms with Crippen LogP contribution in [0, 0.1) is 0 Å². The van der Waals surface area contributed by atoms with E-state index < -0.39 is 0 Å². The van der Waals surface area contributed by atoms with E-state index >= 15 is 0 Å². The summed E-state index contributed by atoms with van der Waals surface area (Å²) in [4.78, 5) is 0. The molecule has 102 valence electrons. The van der Waals surface area contributed by atoms with Crippen molar-refractivity contribution < 1.29 is 10.2 Å². The number of phenolic OH excluding ortho intramolecular Hbond substituents is 2. The molecule has 3 aromatic carbocycles. The van der Waals surface area contributed by atoms with Crippen molar-refractivity contribution in [2.24, 2.45) is 0 Å². The number of phenols is 2. The molecule has 0 spiro atoms. The van der Waals surface area contributed by atoms with Gasteiger partial charge in [0.15, 0.2) is 11.5 Å². The van der Waals surface area contributed by atoms with E-state index in [0.29, 0.717) is 0 Å². The fraction of sp³-hybridized carbons (Fsp3) is 0.0526. The van der Waals surface area contributed by atoms with Gasteiger partial charge in [-0.15, -0.1) is 0 Å². The highest BCUT2D eigenvalue weighted by molar-refractivity contribution is 5.81. The Labute approximate surface area is 122 Å². The summed E-state index contributed by atoms with van der Waals surface area (Å²) in [5.74, 6) is -0.145. The molecule has 3 aromatic rings. The molecule has 0 saturated carbocycles. The minimum Gasteiger partial charge on any atom is -0.504 e. The molecule has 21 heavy (non-hydrogen) atoms. The van der Waals surface area contributed by atoms with Crippen LogP contribution in [0.5, 0.6) is 11.5 Å². The van der Waals surface area contributed by atoms with Crippen molar-refractivity contribution >= 4 is 0 Å². The van der Waals surface area contributed by atoms with Crippen molar-refractivity contribution in [3.8, 4) is 22.6 Å². The highest BCUT2D eigenvalue weighted by Gasteiger charge is 2.31. The van der Waals surface area contributed by atoms with E-state index in [1.165, 1.54) is 28.3 Å². The number of fused-ring (bicyclic) bond motifs is 3. The van der Waals surface area contributed by atoms with E-state index in [4.69, 9.17) is 0 Å². The Hall–Kier alpha value is -2.74. The quantitative estimate of drug-likeness (QED) is 0.509. The summed E-state index contributed by atoms with van der Waals surface area (Å²) in [6.07, 6.45) is 0. The molecule has 0 heterocycles. The minimum atomic E-state index is -0.0747. The summed E-state index contributed by atoms with van der Waals surface area (Å²) in [5, 5.41) is 20.1. The third-order valence-corrected chi connectivity index (χ3v) is 4.19. The Morgan fingerprint density at radius 2 is 1.10 bits per heavy atom. The van der Waals surface area contributed by atoms with E-state index in [0.717, 1.165) is 5.56 Å². The predicted octanol–water partition coefficient (Wildman–Crippen LogP) is 4.26. The van der Waals surface area contributed by atoms with Crippen LogP contribution in [0.15, 0.2) is 66.7 Å². The topological polar surface area (TPSA) is 40.5 Å². The molecule has 0 saturated heterocycles. The number of aromatic hydroxyl groups is 2. The lowest BCUT2D eigenvalue weighted by Gasteiger charge is -2.16. The van der Waals surface area contributed by atoms with Crippen LogP contribution in [0.25, 0.3) is 11.1 Å². The monoisotopic (exact) mass is 274 g/mol. The largest absolute Gasteiger partial charge is 0.504 e. The first kappa shape index (κ1) is 12.0. The van der Waals surface area contributed by atoms with Gasteiger partial charge in [-0.1, -0.05) is 60.7 Å². The lowest BCUT2D eigenvalue weighted by Crippen LogP contribution is -1.99. The zero-order valence-electron chi connectivity index (χ0n) is 11.3. The maximum Gasteiger partial charge on any atom is 0.161 e. The zero-order chi connectivity index (χ0) is 14.4. The van der Waals surface area contributed by atoms with Crippen LogP contribution in [0.3, 0.4) is 0 Å². The van der Waals surface area contributed by atoms with Crippen molar-refractivity contribution in [2.75, 3.05) is 0 Å². The third-order valence-electron chi connectivity index (χ3n) is 4.19. The van der Waals surface area contributed by atoms with Gasteiger partial charge < -0.3 is 10.2 Å². The van der Waals surface area contributed by atoms with Gasteiger partial charge in [0.05, 0.1) is 0 Å². The molecule has 0 aromatic heterocycles. The maximum atomic E-state index is 10.3. The van der Waals surface area contributed by atoms with Crippen LogP contribution >= 0.6 is 0 Å². The Kier molecular flexibility index (Phi) is 2.51. The van der Waals surface area contributed by atoms with Gasteiger partial charge in [0.2, 0.25) is 0 Å². The number of rotatable bonds is 1. The van der Waals surface area contributed by atoms with E-state index in [1.54, 1.807) is 6.07 Å². The SMILES string of the molecule is Oc1cccc(C2c3ccccc3-c3ccccc32)c1O. The summed E-state index contributed by atoms with van der Waals surface area (Å²) in [7, 11) is 0. The molecule has 0 atom stereocenters. The van der Waals surface area contributed by atoms with Crippen LogP contribution in [0.1, 0.15) is 22.6 Å². The molecule has 1 aliphatic carbocycles. The molecule has 0 unspecified atom stereocenters. The number of para-hydroxylation sites is 1. The Morgan fingerprint density at radius 3 is 1.71 bits per heavy atom. The van der Waals surface area contributed by atoms with Gasteiger partial charge >= 0.3 is 0 Å². The van der Waals surface area contributed by atoms with Gasteiger partial charge in [-0.2, -0.15) is 0 Å². The van der Waals surface area contributed by atoms with E-state index in [9.17, 15) is 10.2 Å². The van der Waals surface area contributed by atoms with E-state index in [2.05, 4.69) is 24.3 Å². The summed E-state index contributed by atoms with van der Waals surface area (Å²) in [6.45, 7) is 0. The zero-order valence-corrected chi connectivity index (χ0v) is 11.3. The van der Waals surface area contributed by atoms with E-state index in [-0.39, 0.29) is 17.4 Å². The van der Waals surface area contributed by atoms with Crippen LogP contribution in [-0.4, -0.2) is 10.2 Å². The van der Waals surface area contributed by atoms with E-state index in [1.807, 2.05) is 30.3 Å². The predicted molar refractivity (Wildman–Crippen MR) is 82.6 cm³/mol. The lowest BCUT2D eigenvalue weighted by atomic mass is 9.88. The Balaban J connectivity index is 2.03. The molecule has 4 rings (SSSR count). The molecule has 0 bridgehead atoms. The molecule has 0 amide bonds. The maximum absolute atomic E-state index is 10.3. The Morgan fingerprint density at radius 1 is 0.571 bits per heavy atom. The van der Waals surface area contributed by atoms with Crippen LogP contribution in [0.4, 0.5) is 0 Å². The van der Waals surface area contributed by atoms with Gasteiger partial charge in [0, 0.05) is 11.5 Å². The molecule has 2 N–H and O–H groups in total. The van der Waals surface area contributed by atoms with Crippen molar-refractivity contribution in [2.45, 2.75) is 5.92 Å². The smallest absolute Gasteiger partial charge is 0.161 e. The average molecular weight is 274 g/mol. The fourth-order valence-corrected chi connectivity index (χ4v) is 3.27. The first-order valence-corrected chi connectivity index (χ1v) is 6.96. The Bertz CT molecular complexity index is 791. The summed E-state index contributed by atoms with van der Waals surface area (Å²) in [5.41, 5.74) is 5.47. The summed E-state index contributed by atoms with van der Waals surface area (Å²) < 4.78 is 0. The molecular weight excluding hydrogens is 260 g/mol. The highest BCUT2D eigenvalue weighted by atomic mass is 16.3. The first-order valence-electron chi connectivity index (χ1n) is 6.96. The molecule has 2 heteroatoms.